The highest BCUT2D eigenvalue weighted by atomic mass is 35.5. The average molecular weight is 412 g/mol. The molecule has 0 aliphatic heterocycles. The van der Waals surface area contributed by atoms with E-state index in [1.807, 2.05) is 42.5 Å². The van der Waals surface area contributed by atoms with E-state index in [1.165, 1.54) is 0 Å². The number of ether oxygens (including phenoxy) is 1. The van der Waals surface area contributed by atoms with Gasteiger partial charge in [0.15, 0.2) is 6.10 Å². The van der Waals surface area contributed by atoms with Crippen LogP contribution in [0.5, 0.6) is 5.75 Å². The SMILES string of the molecule is CCc1ccccc1O[C@H](C)C(=O)NCCSCc1c(Cl)cccc1Cl. The van der Waals surface area contributed by atoms with Crippen molar-refractivity contribution in [2.75, 3.05) is 12.3 Å². The zero-order valence-electron chi connectivity index (χ0n) is 14.9. The maximum atomic E-state index is 12.2. The summed E-state index contributed by atoms with van der Waals surface area (Å²) in [5, 5.41) is 4.25. The van der Waals surface area contributed by atoms with Crippen LogP contribution in [0.1, 0.15) is 25.0 Å². The van der Waals surface area contributed by atoms with Gasteiger partial charge in [-0.25, -0.2) is 0 Å². The first kappa shape index (κ1) is 20.9. The summed E-state index contributed by atoms with van der Waals surface area (Å²) >= 11 is 14.0. The third kappa shape index (κ3) is 6.11. The van der Waals surface area contributed by atoms with Gasteiger partial charge < -0.3 is 10.1 Å². The van der Waals surface area contributed by atoms with Crippen molar-refractivity contribution in [2.45, 2.75) is 32.1 Å². The quantitative estimate of drug-likeness (QED) is 0.563. The van der Waals surface area contributed by atoms with Crippen molar-refractivity contribution in [1.29, 1.82) is 0 Å². The number of hydrogen-bond donors (Lipinski definition) is 1. The third-order valence-corrected chi connectivity index (χ3v) is 5.57. The second-order valence-electron chi connectivity index (χ2n) is 5.77. The molecule has 2 aromatic carbocycles. The van der Waals surface area contributed by atoms with E-state index in [-0.39, 0.29) is 5.91 Å². The zero-order valence-corrected chi connectivity index (χ0v) is 17.3. The molecule has 0 bridgehead atoms. The number of nitrogens with one attached hydrogen (secondary N) is 1. The number of aryl methyl sites for hydroxylation is 1. The van der Waals surface area contributed by atoms with Crippen molar-refractivity contribution >= 4 is 40.9 Å². The molecule has 0 aliphatic carbocycles. The summed E-state index contributed by atoms with van der Waals surface area (Å²) < 4.78 is 5.80. The van der Waals surface area contributed by atoms with Crippen LogP contribution in [0.25, 0.3) is 0 Å². The summed E-state index contributed by atoms with van der Waals surface area (Å²) in [5.74, 6) is 2.13. The van der Waals surface area contributed by atoms with Gasteiger partial charge in [-0.3, -0.25) is 4.79 Å². The molecule has 26 heavy (non-hydrogen) atoms. The Kier molecular flexibility index (Phi) is 8.63. The maximum absolute atomic E-state index is 12.2. The highest BCUT2D eigenvalue weighted by Crippen LogP contribution is 2.28. The molecular formula is C20H23Cl2NO2S. The average Bonchev–Trinajstić information content (AvgIpc) is 2.63. The number of hydrogen-bond acceptors (Lipinski definition) is 3. The van der Waals surface area contributed by atoms with E-state index in [1.54, 1.807) is 18.7 Å². The Morgan fingerprint density at radius 3 is 2.54 bits per heavy atom. The molecule has 0 spiro atoms. The van der Waals surface area contributed by atoms with Gasteiger partial charge in [-0.1, -0.05) is 54.4 Å². The topological polar surface area (TPSA) is 38.3 Å². The van der Waals surface area contributed by atoms with Gasteiger partial charge in [0.1, 0.15) is 5.75 Å². The monoisotopic (exact) mass is 411 g/mol. The molecule has 3 nitrogen and oxygen atoms in total. The Bertz CT molecular complexity index is 719. The molecule has 1 amide bonds. The number of amides is 1. The largest absolute Gasteiger partial charge is 0.481 e. The van der Waals surface area contributed by atoms with Crippen molar-refractivity contribution in [1.82, 2.24) is 5.32 Å². The smallest absolute Gasteiger partial charge is 0.260 e. The molecular weight excluding hydrogens is 389 g/mol. The molecule has 0 saturated carbocycles. The lowest BCUT2D eigenvalue weighted by Gasteiger charge is -2.17. The predicted molar refractivity (Wildman–Crippen MR) is 112 cm³/mol. The minimum Gasteiger partial charge on any atom is -0.481 e. The van der Waals surface area contributed by atoms with Crippen LogP contribution in [-0.4, -0.2) is 24.3 Å². The van der Waals surface area contributed by atoms with Gasteiger partial charge in [-0.05, 0) is 42.7 Å². The van der Waals surface area contributed by atoms with E-state index in [0.29, 0.717) is 22.3 Å². The molecule has 0 radical (unpaired) electrons. The Morgan fingerprint density at radius 1 is 1.15 bits per heavy atom. The predicted octanol–water partition coefficient (Wildman–Crippen LogP) is 5.37. The highest BCUT2D eigenvalue weighted by molar-refractivity contribution is 7.98. The second kappa shape index (κ2) is 10.7. The van der Waals surface area contributed by atoms with Gasteiger partial charge in [0, 0.05) is 28.1 Å². The Morgan fingerprint density at radius 2 is 1.85 bits per heavy atom. The molecule has 0 fully saturated rings. The van der Waals surface area contributed by atoms with Crippen molar-refractivity contribution < 1.29 is 9.53 Å². The van der Waals surface area contributed by atoms with E-state index < -0.39 is 6.10 Å². The van der Waals surface area contributed by atoms with Crippen molar-refractivity contribution in [3.8, 4) is 5.75 Å². The number of carbonyl (C=O) groups excluding carboxylic acids is 1. The molecule has 1 N–H and O–H groups in total. The van der Waals surface area contributed by atoms with Crippen LogP contribution >= 0.6 is 35.0 Å². The maximum Gasteiger partial charge on any atom is 0.260 e. The number of rotatable bonds is 9. The number of thioether (sulfide) groups is 1. The van der Waals surface area contributed by atoms with Crippen LogP contribution in [0.2, 0.25) is 10.0 Å². The van der Waals surface area contributed by atoms with Gasteiger partial charge in [-0.15, -0.1) is 0 Å². The number of halogens is 2. The fourth-order valence-corrected chi connectivity index (χ4v) is 3.98. The molecule has 140 valence electrons. The van der Waals surface area contributed by atoms with E-state index >= 15 is 0 Å². The van der Waals surface area contributed by atoms with Crippen molar-refractivity contribution in [2.24, 2.45) is 0 Å². The minimum absolute atomic E-state index is 0.118. The first-order valence-corrected chi connectivity index (χ1v) is 10.5. The minimum atomic E-state index is -0.536. The van der Waals surface area contributed by atoms with Crippen molar-refractivity contribution in [3.63, 3.8) is 0 Å². The van der Waals surface area contributed by atoms with Gasteiger partial charge in [0.2, 0.25) is 0 Å². The Hall–Kier alpha value is -1.36. The van der Waals surface area contributed by atoms with E-state index in [2.05, 4.69) is 12.2 Å². The third-order valence-electron chi connectivity index (χ3n) is 3.88. The van der Waals surface area contributed by atoms with Crippen LogP contribution in [-0.2, 0) is 17.0 Å². The van der Waals surface area contributed by atoms with E-state index in [4.69, 9.17) is 27.9 Å². The van der Waals surface area contributed by atoms with Gasteiger partial charge >= 0.3 is 0 Å². The number of para-hydroxylation sites is 1. The lowest BCUT2D eigenvalue weighted by Crippen LogP contribution is -2.37. The van der Waals surface area contributed by atoms with E-state index in [0.717, 1.165) is 29.1 Å². The highest BCUT2D eigenvalue weighted by Gasteiger charge is 2.15. The molecule has 0 aromatic heterocycles. The lowest BCUT2D eigenvalue weighted by molar-refractivity contribution is -0.127. The second-order valence-corrected chi connectivity index (χ2v) is 7.68. The van der Waals surface area contributed by atoms with Crippen LogP contribution < -0.4 is 10.1 Å². The summed E-state index contributed by atoms with van der Waals surface area (Å²) in [6.07, 6.45) is 0.330. The lowest BCUT2D eigenvalue weighted by atomic mass is 10.1. The molecule has 1 atom stereocenters. The summed E-state index contributed by atoms with van der Waals surface area (Å²) in [6.45, 7) is 4.39. The van der Waals surface area contributed by atoms with Gasteiger partial charge in [-0.2, -0.15) is 11.8 Å². The molecule has 2 aromatic rings. The summed E-state index contributed by atoms with van der Waals surface area (Å²) in [4.78, 5) is 12.2. The molecule has 0 unspecified atom stereocenters. The summed E-state index contributed by atoms with van der Waals surface area (Å²) in [6, 6.07) is 13.3. The molecule has 2 rings (SSSR count). The molecule has 0 heterocycles. The van der Waals surface area contributed by atoms with Gasteiger partial charge in [0.25, 0.3) is 5.91 Å². The normalized spacial score (nSPS) is 11.8. The first-order valence-electron chi connectivity index (χ1n) is 8.55. The Labute approximate surface area is 169 Å². The number of carbonyl (C=O) groups is 1. The zero-order chi connectivity index (χ0) is 18.9. The van der Waals surface area contributed by atoms with E-state index in [9.17, 15) is 4.79 Å². The first-order chi connectivity index (χ1) is 12.5. The van der Waals surface area contributed by atoms with Gasteiger partial charge in [0.05, 0.1) is 0 Å². The molecule has 6 heteroatoms. The summed E-state index contributed by atoms with van der Waals surface area (Å²) in [7, 11) is 0. The number of benzene rings is 2. The fraction of sp³-hybridized carbons (Fsp3) is 0.350. The van der Waals surface area contributed by atoms with Crippen LogP contribution in [0, 0.1) is 0 Å². The van der Waals surface area contributed by atoms with Crippen LogP contribution in [0.4, 0.5) is 0 Å². The summed E-state index contributed by atoms with van der Waals surface area (Å²) in [5.41, 5.74) is 2.03. The molecule has 0 saturated heterocycles. The van der Waals surface area contributed by atoms with Crippen LogP contribution in [0.3, 0.4) is 0 Å². The van der Waals surface area contributed by atoms with Crippen molar-refractivity contribution in [3.05, 3.63) is 63.6 Å². The standard InChI is InChI=1S/C20H23Cl2NO2S/c1-3-15-7-4-5-10-19(15)25-14(2)20(24)23-11-12-26-13-16-17(21)8-6-9-18(16)22/h4-10,14H,3,11-13H2,1-2H3,(H,23,24)/t14-/m1/s1. The fourth-order valence-electron chi connectivity index (χ4n) is 2.39. The molecule has 0 aliphatic rings. The van der Waals surface area contributed by atoms with Crippen LogP contribution in [0.15, 0.2) is 42.5 Å². The Balaban J connectivity index is 1.73.